The molecule has 2 aromatic carbocycles. The molecule has 0 spiro atoms. The summed E-state index contributed by atoms with van der Waals surface area (Å²) in [5.74, 6) is 1.05. The summed E-state index contributed by atoms with van der Waals surface area (Å²) in [6, 6.07) is 8.97. The highest BCUT2D eigenvalue weighted by Gasteiger charge is 2.27. The number of aliphatic carboxylic acids is 2. The van der Waals surface area contributed by atoms with Gasteiger partial charge >= 0.3 is 11.9 Å². The number of nitrogens with zero attached hydrogens (tertiary/aromatic N) is 2. The fourth-order valence-electron chi connectivity index (χ4n) is 4.52. The normalized spacial score (nSPS) is 12.9. The summed E-state index contributed by atoms with van der Waals surface area (Å²) in [6.07, 6.45) is 1.44. The molecule has 51 heavy (non-hydrogen) atoms. The number of guanidine groups is 1. The maximum atomic E-state index is 13.2. The van der Waals surface area contributed by atoms with Crippen LogP contribution in [0.4, 0.5) is 11.4 Å². The summed E-state index contributed by atoms with van der Waals surface area (Å²) < 4.78 is 0. The van der Waals surface area contributed by atoms with E-state index in [9.17, 15) is 39.3 Å². The summed E-state index contributed by atoms with van der Waals surface area (Å²) in [5.41, 5.74) is 1.29. The Morgan fingerprint density at radius 2 is 1.35 bits per heavy atom. The monoisotopic (exact) mass is 703 g/mol. The molecule has 0 saturated heterocycles. The largest absolute Gasteiger partial charge is 0.508 e. The molecule has 0 aliphatic heterocycles. The Balaban J connectivity index is 2.04. The first kappa shape index (κ1) is 41.1. The van der Waals surface area contributed by atoms with Gasteiger partial charge in [0.05, 0.1) is 12.1 Å². The van der Waals surface area contributed by atoms with E-state index in [1.165, 1.54) is 12.1 Å². The third-order valence-electron chi connectivity index (χ3n) is 6.88. The van der Waals surface area contributed by atoms with Gasteiger partial charge in [0.25, 0.3) is 0 Å². The Morgan fingerprint density at radius 1 is 0.804 bits per heavy atom. The van der Waals surface area contributed by atoms with Crippen molar-refractivity contribution in [1.82, 2.24) is 21.3 Å². The van der Waals surface area contributed by atoms with Crippen LogP contribution in [0.3, 0.4) is 0 Å². The van der Waals surface area contributed by atoms with E-state index in [0.717, 1.165) is 0 Å². The highest BCUT2D eigenvalue weighted by Crippen LogP contribution is 2.19. The van der Waals surface area contributed by atoms with E-state index >= 15 is 0 Å². The third-order valence-corrected chi connectivity index (χ3v) is 6.88. The van der Waals surface area contributed by atoms with Gasteiger partial charge in [-0.25, -0.2) is 14.6 Å². The number of benzene rings is 2. The van der Waals surface area contributed by atoms with Crippen LogP contribution in [0.1, 0.15) is 65.9 Å². The number of hydrogen-bond donors (Lipinski definition) is 8. The van der Waals surface area contributed by atoms with Gasteiger partial charge in [0, 0.05) is 24.9 Å². The van der Waals surface area contributed by atoms with E-state index in [1.54, 1.807) is 42.6 Å². The predicted molar refractivity (Wildman–Crippen MR) is 189 cm³/mol. The molecule has 15 nitrogen and oxygen atoms in total. The average molecular weight is 704 g/mol. The standard InChI is InChI=1S/C36H45N7O8/c1-22(2)18-29(32(47)43-28(34(50)51)9-7-6-8-27(33(48)49)41-31(46)20-36(3,4)5)42-30(45)19-23-10-12-24(13-11-23)39-35(38-21-37)40-25-14-16-26(44)17-15-25/h10-17,22,27-29,44H,8-9,18-20H2,1-5H3,(H,41,46)(H,42,45)(H,43,47)(H,48,49)(H,50,51)(H2,38,39,40). The number of carboxylic acid groups (broad SMARTS) is 2. The third kappa shape index (κ3) is 16.2. The van der Waals surface area contributed by atoms with Crippen molar-refractivity contribution >= 4 is 47.0 Å². The zero-order chi connectivity index (χ0) is 38.1. The van der Waals surface area contributed by atoms with Gasteiger partial charge in [0.1, 0.15) is 23.9 Å². The lowest BCUT2D eigenvalue weighted by Crippen LogP contribution is -2.52. The van der Waals surface area contributed by atoms with Crippen LogP contribution in [0.15, 0.2) is 53.5 Å². The lowest BCUT2D eigenvalue weighted by atomic mass is 9.92. The van der Waals surface area contributed by atoms with Crippen LogP contribution in [-0.2, 0) is 30.4 Å². The zero-order valence-corrected chi connectivity index (χ0v) is 29.2. The average Bonchev–Trinajstić information content (AvgIpc) is 3.02. The second-order valence-electron chi connectivity index (χ2n) is 13.3. The second-order valence-corrected chi connectivity index (χ2v) is 13.3. The molecule has 2 aromatic rings. The number of phenols is 1. The first-order valence-corrected chi connectivity index (χ1v) is 16.1. The van der Waals surface area contributed by atoms with Crippen LogP contribution in [0.25, 0.3) is 0 Å². The van der Waals surface area contributed by atoms with E-state index in [0.29, 0.717) is 16.9 Å². The lowest BCUT2D eigenvalue weighted by Gasteiger charge is -2.22. The van der Waals surface area contributed by atoms with E-state index in [2.05, 4.69) is 43.4 Å². The quantitative estimate of drug-likeness (QED) is 0.0335. The van der Waals surface area contributed by atoms with Gasteiger partial charge in [-0.3, -0.25) is 19.7 Å². The first-order valence-electron chi connectivity index (χ1n) is 16.1. The van der Waals surface area contributed by atoms with Gasteiger partial charge in [-0.2, -0.15) is 5.26 Å². The molecule has 0 aliphatic carbocycles. The molecule has 272 valence electrons. The minimum absolute atomic E-state index is 0.0332. The summed E-state index contributed by atoms with van der Waals surface area (Å²) in [5, 5.41) is 50.6. The Bertz CT molecular complexity index is 1660. The molecule has 0 fully saturated rings. The molecule has 15 heteroatoms. The van der Waals surface area contributed by atoms with Gasteiger partial charge in [-0.15, -0.1) is 11.8 Å². The summed E-state index contributed by atoms with van der Waals surface area (Å²) in [7, 11) is 0. The van der Waals surface area contributed by atoms with Gasteiger partial charge < -0.3 is 36.6 Å². The summed E-state index contributed by atoms with van der Waals surface area (Å²) >= 11 is 0. The zero-order valence-electron chi connectivity index (χ0n) is 29.2. The number of carboxylic acids is 2. The molecule has 0 aromatic heterocycles. The maximum absolute atomic E-state index is 13.2. The van der Waals surface area contributed by atoms with E-state index < -0.39 is 47.8 Å². The number of nitriles is 1. The lowest BCUT2D eigenvalue weighted by molar-refractivity contribution is -0.142. The predicted octanol–water partition coefficient (Wildman–Crippen LogP) is 2.99. The van der Waals surface area contributed by atoms with Crippen LogP contribution in [0.2, 0.25) is 0 Å². The number of hydrogen-bond acceptors (Lipinski definition) is 8. The number of rotatable bonds is 15. The number of phenolic OH excluding ortho intramolecular Hbond substituents is 1. The van der Waals surface area contributed by atoms with Crippen molar-refractivity contribution in [1.29, 1.82) is 5.26 Å². The Hall–Kier alpha value is -6.09. The van der Waals surface area contributed by atoms with Crippen LogP contribution in [0, 0.1) is 34.6 Å². The number of aromatic hydroxyl groups is 1. The van der Waals surface area contributed by atoms with Crippen molar-refractivity contribution in [2.45, 2.75) is 84.8 Å². The highest BCUT2D eigenvalue weighted by atomic mass is 16.4. The van der Waals surface area contributed by atoms with Gasteiger partial charge in [0.2, 0.25) is 23.7 Å². The number of carbonyl (C=O) groups is 5. The van der Waals surface area contributed by atoms with Crippen molar-refractivity contribution in [2.75, 3.05) is 5.32 Å². The van der Waals surface area contributed by atoms with Crippen molar-refractivity contribution in [3.8, 4) is 23.8 Å². The molecule has 2 rings (SSSR count). The summed E-state index contributed by atoms with van der Waals surface area (Å²) in [4.78, 5) is 66.2. The number of amides is 3. The van der Waals surface area contributed by atoms with Crippen LogP contribution in [-0.4, -0.2) is 69.1 Å². The minimum atomic E-state index is -1.44. The van der Waals surface area contributed by atoms with Gasteiger partial charge in [-0.05, 0) is 59.7 Å². The van der Waals surface area contributed by atoms with Gasteiger partial charge in [-0.1, -0.05) is 46.8 Å². The van der Waals surface area contributed by atoms with Crippen LogP contribution >= 0.6 is 0 Å². The SMILES string of the molecule is CC(C)CC(NC(=O)Cc1ccc(N=C(NC#N)Nc2ccc(O)cc2)cc1)C(=O)NC(CC#CCC(NC(=O)CC(C)(C)C)C(=O)O)C(=O)O. The molecule has 0 radical (unpaired) electrons. The second kappa shape index (κ2) is 19.8. The molecule has 0 bridgehead atoms. The highest BCUT2D eigenvalue weighted by molar-refractivity contribution is 5.96. The fourth-order valence-corrected chi connectivity index (χ4v) is 4.52. The Morgan fingerprint density at radius 3 is 1.86 bits per heavy atom. The minimum Gasteiger partial charge on any atom is -0.508 e. The maximum Gasteiger partial charge on any atom is 0.327 e. The molecule has 3 unspecified atom stereocenters. The van der Waals surface area contributed by atoms with Crippen molar-refractivity contribution in [3.63, 3.8) is 0 Å². The van der Waals surface area contributed by atoms with E-state index in [1.807, 2.05) is 34.6 Å². The molecule has 0 saturated carbocycles. The molecular formula is C36H45N7O8. The Kier molecular flexibility index (Phi) is 15.9. The smallest absolute Gasteiger partial charge is 0.327 e. The van der Waals surface area contributed by atoms with Gasteiger partial charge in [0.15, 0.2) is 6.19 Å². The van der Waals surface area contributed by atoms with Crippen LogP contribution < -0.4 is 26.6 Å². The molecule has 0 aliphatic rings. The van der Waals surface area contributed by atoms with E-state index in [-0.39, 0.29) is 55.1 Å². The van der Waals surface area contributed by atoms with Crippen molar-refractivity contribution < 1.29 is 39.3 Å². The first-order chi connectivity index (χ1) is 23.9. The van der Waals surface area contributed by atoms with E-state index in [4.69, 9.17) is 5.26 Å². The number of aliphatic imine (C=N–C) groups is 1. The fraction of sp³-hybridized carbons (Fsp3) is 0.417. The molecule has 3 atom stereocenters. The summed E-state index contributed by atoms with van der Waals surface area (Å²) in [6.45, 7) is 9.20. The molecular weight excluding hydrogens is 658 g/mol. The van der Waals surface area contributed by atoms with Crippen LogP contribution in [0.5, 0.6) is 5.75 Å². The van der Waals surface area contributed by atoms with Crippen molar-refractivity contribution in [2.24, 2.45) is 16.3 Å². The Labute approximate surface area is 296 Å². The molecule has 3 amide bonds. The van der Waals surface area contributed by atoms with Crippen molar-refractivity contribution in [3.05, 3.63) is 54.1 Å². The molecule has 8 N–H and O–H groups in total. The number of nitrogens with one attached hydrogen (secondary N) is 5. The topological polar surface area (TPSA) is 242 Å². The molecule has 0 heterocycles. The number of carbonyl (C=O) groups excluding carboxylic acids is 3. The number of anilines is 1.